The normalized spacial score (nSPS) is 24.0. The van der Waals surface area contributed by atoms with Crippen molar-refractivity contribution < 1.29 is 4.79 Å². The molecule has 0 radical (unpaired) electrons. The summed E-state index contributed by atoms with van der Waals surface area (Å²) in [5.41, 5.74) is 4.06. The molecular weight excluding hydrogens is 222 g/mol. The van der Waals surface area contributed by atoms with Crippen molar-refractivity contribution in [1.82, 2.24) is 5.32 Å². The van der Waals surface area contributed by atoms with E-state index in [4.69, 9.17) is 0 Å². The fraction of sp³-hybridized carbons (Fsp3) is 0.562. The maximum atomic E-state index is 12.7. The molecule has 1 saturated heterocycles. The Bertz CT molecular complexity index is 470. The van der Waals surface area contributed by atoms with E-state index in [-0.39, 0.29) is 11.3 Å². The Morgan fingerprint density at radius 3 is 2.39 bits per heavy atom. The second-order valence-electron chi connectivity index (χ2n) is 5.80. The minimum absolute atomic E-state index is 0.253. The third-order valence-corrected chi connectivity index (χ3v) is 4.21. The van der Waals surface area contributed by atoms with Crippen LogP contribution in [-0.2, 0) is 0 Å². The summed E-state index contributed by atoms with van der Waals surface area (Å²) in [7, 11) is 0. The maximum Gasteiger partial charge on any atom is 0.182 e. The summed E-state index contributed by atoms with van der Waals surface area (Å²) in [5.74, 6) is 0.253. The fourth-order valence-corrected chi connectivity index (χ4v) is 2.75. The van der Waals surface area contributed by atoms with E-state index in [1.807, 2.05) is 13.8 Å². The number of hydrogen-bond acceptors (Lipinski definition) is 2. The minimum atomic E-state index is -0.370. The lowest BCUT2D eigenvalue weighted by Gasteiger charge is -2.34. The van der Waals surface area contributed by atoms with Gasteiger partial charge in [0, 0.05) is 5.56 Å². The van der Waals surface area contributed by atoms with Crippen LogP contribution in [0.4, 0.5) is 0 Å². The Morgan fingerprint density at radius 2 is 1.78 bits per heavy atom. The zero-order valence-electron chi connectivity index (χ0n) is 11.9. The Kier molecular flexibility index (Phi) is 3.58. The van der Waals surface area contributed by atoms with Gasteiger partial charge in [0.2, 0.25) is 0 Å². The molecule has 1 aliphatic heterocycles. The van der Waals surface area contributed by atoms with Gasteiger partial charge in [-0.25, -0.2) is 0 Å². The Morgan fingerprint density at radius 1 is 1.11 bits per heavy atom. The van der Waals surface area contributed by atoms with Crippen molar-refractivity contribution in [3.8, 4) is 0 Å². The van der Waals surface area contributed by atoms with Crippen LogP contribution < -0.4 is 5.32 Å². The van der Waals surface area contributed by atoms with Gasteiger partial charge < -0.3 is 5.32 Å². The van der Waals surface area contributed by atoms with Gasteiger partial charge in [-0.2, -0.15) is 0 Å². The van der Waals surface area contributed by atoms with Crippen molar-refractivity contribution in [2.75, 3.05) is 6.54 Å². The number of benzene rings is 1. The highest BCUT2D eigenvalue weighted by molar-refractivity contribution is 6.04. The summed E-state index contributed by atoms with van der Waals surface area (Å²) in [5, 5.41) is 3.41. The first-order valence-electron chi connectivity index (χ1n) is 6.82. The predicted octanol–water partition coefficient (Wildman–Crippen LogP) is 3.33. The predicted molar refractivity (Wildman–Crippen MR) is 75.2 cm³/mol. The molecule has 1 heterocycles. The molecule has 1 aromatic carbocycles. The smallest absolute Gasteiger partial charge is 0.182 e. The number of rotatable bonds is 2. The van der Waals surface area contributed by atoms with E-state index >= 15 is 0 Å². The third-order valence-electron chi connectivity index (χ3n) is 4.21. The van der Waals surface area contributed by atoms with Crippen molar-refractivity contribution in [1.29, 1.82) is 0 Å². The minimum Gasteiger partial charge on any atom is -0.305 e. The summed E-state index contributed by atoms with van der Waals surface area (Å²) in [6.45, 7) is 9.19. The number of nitrogens with one attached hydrogen (secondary N) is 1. The van der Waals surface area contributed by atoms with Crippen molar-refractivity contribution in [2.45, 2.75) is 52.5 Å². The highest BCUT2D eigenvalue weighted by atomic mass is 16.1. The van der Waals surface area contributed by atoms with Gasteiger partial charge in [0.05, 0.1) is 5.54 Å². The lowest BCUT2D eigenvalue weighted by Crippen LogP contribution is -2.52. The number of Topliss-reactive ketones (excluding diaryl/α,β-unsaturated/α-hetero) is 1. The molecule has 1 N–H and O–H groups in total. The monoisotopic (exact) mass is 245 g/mol. The van der Waals surface area contributed by atoms with Crippen molar-refractivity contribution in [3.05, 3.63) is 34.4 Å². The number of piperidine rings is 1. The van der Waals surface area contributed by atoms with Gasteiger partial charge in [-0.05, 0) is 76.3 Å². The summed E-state index contributed by atoms with van der Waals surface area (Å²) >= 11 is 0. The molecule has 0 aliphatic carbocycles. The lowest BCUT2D eigenvalue weighted by molar-refractivity contribution is 0.0834. The molecule has 1 fully saturated rings. The second-order valence-corrected chi connectivity index (χ2v) is 5.80. The third kappa shape index (κ3) is 2.35. The Balaban J connectivity index is 2.36. The van der Waals surface area contributed by atoms with E-state index in [2.05, 4.69) is 31.3 Å². The van der Waals surface area contributed by atoms with E-state index < -0.39 is 0 Å². The molecule has 0 aromatic heterocycles. The lowest BCUT2D eigenvalue weighted by atomic mass is 9.82. The number of ketones is 1. The van der Waals surface area contributed by atoms with Crippen LogP contribution in [0.1, 0.15) is 53.2 Å². The molecule has 0 spiro atoms. The molecule has 1 aromatic rings. The SMILES string of the molecule is Cc1cc(C)c(C(=O)C2(C)CCCCN2)cc1C. The molecule has 18 heavy (non-hydrogen) atoms. The van der Waals surface area contributed by atoms with Gasteiger partial charge in [-0.15, -0.1) is 0 Å². The van der Waals surface area contributed by atoms with Crippen molar-refractivity contribution in [3.63, 3.8) is 0 Å². The molecule has 98 valence electrons. The molecule has 2 rings (SSSR count). The molecule has 0 saturated carbocycles. The number of hydrogen-bond donors (Lipinski definition) is 1. The quantitative estimate of drug-likeness (QED) is 0.810. The van der Waals surface area contributed by atoms with Gasteiger partial charge in [-0.1, -0.05) is 6.07 Å². The van der Waals surface area contributed by atoms with E-state index in [0.29, 0.717) is 0 Å². The molecule has 0 amide bonds. The average Bonchev–Trinajstić information content (AvgIpc) is 2.34. The zero-order valence-corrected chi connectivity index (χ0v) is 11.9. The number of carbonyl (C=O) groups excluding carboxylic acids is 1. The number of aryl methyl sites for hydroxylation is 3. The average molecular weight is 245 g/mol. The summed E-state index contributed by atoms with van der Waals surface area (Å²) < 4.78 is 0. The first-order chi connectivity index (χ1) is 8.44. The van der Waals surface area contributed by atoms with E-state index in [9.17, 15) is 4.79 Å². The van der Waals surface area contributed by atoms with Gasteiger partial charge in [0.25, 0.3) is 0 Å². The molecule has 0 bridgehead atoms. The maximum absolute atomic E-state index is 12.7. The van der Waals surface area contributed by atoms with Crippen LogP contribution in [0, 0.1) is 20.8 Å². The van der Waals surface area contributed by atoms with Crippen LogP contribution in [0.5, 0.6) is 0 Å². The highest BCUT2D eigenvalue weighted by Crippen LogP contribution is 2.26. The first-order valence-corrected chi connectivity index (χ1v) is 6.82. The standard InChI is InChI=1S/C16H23NO/c1-11-9-13(3)14(10-12(11)2)15(18)16(4)7-5-6-8-17-16/h9-10,17H,5-8H2,1-4H3. The second kappa shape index (κ2) is 4.85. The van der Waals surface area contributed by atoms with E-state index in [1.54, 1.807) is 0 Å². The number of carbonyl (C=O) groups is 1. The van der Waals surface area contributed by atoms with Crippen LogP contribution in [0.3, 0.4) is 0 Å². The van der Waals surface area contributed by atoms with E-state index in [0.717, 1.165) is 30.5 Å². The van der Waals surface area contributed by atoms with Gasteiger partial charge in [0.15, 0.2) is 5.78 Å². The fourth-order valence-electron chi connectivity index (χ4n) is 2.75. The summed E-state index contributed by atoms with van der Waals surface area (Å²) in [4.78, 5) is 12.7. The van der Waals surface area contributed by atoms with Crippen LogP contribution in [0.2, 0.25) is 0 Å². The van der Waals surface area contributed by atoms with Crippen molar-refractivity contribution in [2.24, 2.45) is 0 Å². The molecule has 2 nitrogen and oxygen atoms in total. The first kappa shape index (κ1) is 13.3. The van der Waals surface area contributed by atoms with Gasteiger partial charge in [-0.3, -0.25) is 4.79 Å². The zero-order chi connectivity index (χ0) is 13.3. The molecule has 2 heteroatoms. The molecular formula is C16H23NO. The Hall–Kier alpha value is -1.15. The summed E-state index contributed by atoms with van der Waals surface area (Å²) in [6, 6.07) is 4.17. The van der Waals surface area contributed by atoms with Crippen LogP contribution in [-0.4, -0.2) is 17.9 Å². The molecule has 1 atom stereocenters. The van der Waals surface area contributed by atoms with Gasteiger partial charge in [0.1, 0.15) is 0 Å². The topological polar surface area (TPSA) is 29.1 Å². The molecule has 1 aliphatic rings. The van der Waals surface area contributed by atoms with Crippen molar-refractivity contribution >= 4 is 5.78 Å². The highest BCUT2D eigenvalue weighted by Gasteiger charge is 2.35. The summed E-state index contributed by atoms with van der Waals surface area (Å²) in [6.07, 6.45) is 3.26. The largest absolute Gasteiger partial charge is 0.305 e. The Labute approximate surface area is 110 Å². The van der Waals surface area contributed by atoms with Crippen LogP contribution in [0.15, 0.2) is 12.1 Å². The van der Waals surface area contributed by atoms with Crippen LogP contribution in [0.25, 0.3) is 0 Å². The van der Waals surface area contributed by atoms with Gasteiger partial charge >= 0.3 is 0 Å². The molecule has 1 unspecified atom stereocenters. The van der Waals surface area contributed by atoms with Crippen LogP contribution >= 0.6 is 0 Å². The van der Waals surface area contributed by atoms with E-state index in [1.165, 1.54) is 17.5 Å².